The molecule has 0 saturated carbocycles. The van der Waals surface area contributed by atoms with Crippen LogP contribution in [0.5, 0.6) is 11.5 Å². The van der Waals surface area contributed by atoms with Crippen LogP contribution in [0, 0.1) is 0 Å². The number of ether oxygens (including phenoxy) is 1. The third-order valence-electron chi connectivity index (χ3n) is 4.90. The second-order valence-electron chi connectivity index (χ2n) is 7.04. The van der Waals surface area contributed by atoms with Crippen molar-refractivity contribution in [2.24, 2.45) is 0 Å². The van der Waals surface area contributed by atoms with Crippen LogP contribution < -0.4 is 9.39 Å². The molecule has 0 unspecified atom stereocenters. The molecule has 1 saturated heterocycles. The minimum absolute atomic E-state index is 0. The number of fused-ring (bicyclic) bond motifs is 1. The number of carboxylic acid groups (broad SMARTS) is 1. The Morgan fingerprint density at radius 2 is 2.10 bits per heavy atom. The van der Waals surface area contributed by atoms with E-state index in [-0.39, 0.29) is 49.2 Å². The van der Waals surface area contributed by atoms with Crippen molar-refractivity contribution in [3.8, 4) is 11.5 Å². The molecular formula is C18H23BN3O7-. The molecule has 0 aliphatic carbocycles. The summed E-state index contributed by atoms with van der Waals surface area (Å²) in [5, 5.41) is 29.1. The van der Waals surface area contributed by atoms with Crippen molar-refractivity contribution in [1.29, 1.82) is 0 Å². The van der Waals surface area contributed by atoms with Crippen LogP contribution >= 0.6 is 0 Å². The molecule has 2 aromatic rings. The van der Waals surface area contributed by atoms with Crippen LogP contribution in [0.3, 0.4) is 0 Å². The van der Waals surface area contributed by atoms with E-state index in [4.69, 9.17) is 9.39 Å². The Bertz CT molecular complexity index is 910. The molecular weight excluding hydrogens is 381 g/mol. The maximum Gasteiger partial charge on any atom is 0.430 e. The van der Waals surface area contributed by atoms with Gasteiger partial charge in [-0.1, -0.05) is 19.8 Å². The van der Waals surface area contributed by atoms with Crippen molar-refractivity contribution >= 4 is 18.6 Å². The quantitative estimate of drug-likeness (QED) is 0.525. The Morgan fingerprint density at radius 1 is 1.34 bits per heavy atom. The normalized spacial score (nSPS) is 17.4. The Hall–Kier alpha value is -3.05. The van der Waals surface area contributed by atoms with Gasteiger partial charge in [-0.25, -0.2) is 9.78 Å². The summed E-state index contributed by atoms with van der Waals surface area (Å²) in [5.41, 5.74) is 1.05. The van der Waals surface area contributed by atoms with Gasteiger partial charge in [0.25, 0.3) is 0 Å². The predicted molar refractivity (Wildman–Crippen MR) is 103 cm³/mol. The minimum atomic E-state index is -3.09. The van der Waals surface area contributed by atoms with Crippen molar-refractivity contribution in [2.45, 2.75) is 32.7 Å². The highest BCUT2D eigenvalue weighted by molar-refractivity contribution is 6.59. The lowest BCUT2D eigenvalue weighted by Crippen LogP contribution is -2.56. The molecule has 11 heteroatoms. The van der Waals surface area contributed by atoms with Gasteiger partial charge in [-0.3, -0.25) is 4.79 Å². The lowest BCUT2D eigenvalue weighted by Gasteiger charge is -2.40. The van der Waals surface area contributed by atoms with Crippen LogP contribution in [0.15, 0.2) is 24.7 Å². The summed E-state index contributed by atoms with van der Waals surface area (Å²) >= 11 is 0. The van der Waals surface area contributed by atoms with Crippen LogP contribution in [0.2, 0.25) is 6.32 Å². The molecule has 0 atom stereocenters. The van der Waals surface area contributed by atoms with E-state index >= 15 is 0 Å². The number of aryl methyl sites for hydroxylation is 1. The Kier molecular flexibility index (Phi) is 5.54. The van der Waals surface area contributed by atoms with Gasteiger partial charge < -0.3 is 34.4 Å². The fraction of sp³-hybridized carbons (Fsp3) is 0.389. The lowest BCUT2D eigenvalue weighted by molar-refractivity contribution is -0.139. The van der Waals surface area contributed by atoms with Gasteiger partial charge in [0.1, 0.15) is 17.4 Å². The maximum absolute atomic E-state index is 12.2. The molecule has 156 valence electrons. The molecule has 0 spiro atoms. The Balaban J connectivity index is 0.00000240. The summed E-state index contributed by atoms with van der Waals surface area (Å²) in [7, 11) is 0. The number of H-pyrrole nitrogens is 1. The molecule has 0 radical (unpaired) electrons. The van der Waals surface area contributed by atoms with E-state index in [0.717, 1.165) is 0 Å². The highest BCUT2D eigenvalue weighted by atomic mass is 16.6. The topological polar surface area (TPSA) is 145 Å². The van der Waals surface area contributed by atoms with Crippen molar-refractivity contribution in [3.63, 3.8) is 0 Å². The number of aromatic amines is 1. The van der Waals surface area contributed by atoms with Gasteiger partial charge in [0.2, 0.25) is 5.91 Å². The van der Waals surface area contributed by atoms with E-state index in [0.29, 0.717) is 30.8 Å². The molecule has 2 aliphatic heterocycles. The second kappa shape index (κ2) is 7.76. The summed E-state index contributed by atoms with van der Waals surface area (Å²) in [6.07, 6.45) is 3.23. The largest absolute Gasteiger partial charge is 0.669 e. The number of rotatable bonds is 5. The first-order chi connectivity index (χ1) is 13.3. The first-order valence-corrected chi connectivity index (χ1v) is 8.92. The summed E-state index contributed by atoms with van der Waals surface area (Å²) in [6.45, 7) is -2.43. The average molecular weight is 404 g/mol. The minimum Gasteiger partial charge on any atom is -0.669 e. The molecule has 0 bridgehead atoms. The molecule has 1 amide bonds. The van der Waals surface area contributed by atoms with Gasteiger partial charge in [-0.2, -0.15) is 0 Å². The van der Waals surface area contributed by atoms with Crippen molar-refractivity contribution in [3.05, 3.63) is 41.5 Å². The van der Waals surface area contributed by atoms with Gasteiger partial charge in [-0.15, -0.1) is 0 Å². The first kappa shape index (κ1) is 20.7. The molecule has 1 fully saturated rings. The molecule has 1 aromatic carbocycles. The summed E-state index contributed by atoms with van der Waals surface area (Å²) < 4.78 is 10.9. The number of amides is 1. The van der Waals surface area contributed by atoms with Crippen LogP contribution in [-0.4, -0.2) is 67.8 Å². The van der Waals surface area contributed by atoms with E-state index < -0.39 is 12.7 Å². The summed E-state index contributed by atoms with van der Waals surface area (Å²) in [6, 6.07) is 3.19. The van der Waals surface area contributed by atoms with Crippen molar-refractivity contribution in [2.75, 3.05) is 13.1 Å². The first-order valence-electron chi connectivity index (χ1n) is 8.92. The highest BCUT2D eigenvalue weighted by Crippen LogP contribution is 2.38. The SMILES string of the molecule is C.O=C(O)c1c(OC2CN(C(=O)Cc3cnc[nH]3)C2)ccc2c1O[B-](O)(O)CC2. The third kappa shape index (κ3) is 4.20. The average Bonchev–Trinajstić information content (AvgIpc) is 3.08. The van der Waals surface area contributed by atoms with Gasteiger partial charge in [-0.05, 0) is 18.1 Å². The smallest absolute Gasteiger partial charge is 0.430 e. The third-order valence-corrected chi connectivity index (χ3v) is 4.90. The number of aromatic nitrogens is 2. The van der Waals surface area contributed by atoms with Crippen molar-refractivity contribution in [1.82, 2.24) is 14.9 Å². The maximum atomic E-state index is 12.2. The molecule has 29 heavy (non-hydrogen) atoms. The number of benzene rings is 1. The lowest BCUT2D eigenvalue weighted by atomic mass is 9.70. The predicted octanol–water partition coefficient (Wildman–Crippen LogP) is 0.435. The van der Waals surface area contributed by atoms with Crippen LogP contribution in [0.25, 0.3) is 0 Å². The summed E-state index contributed by atoms with van der Waals surface area (Å²) in [4.78, 5) is 32.3. The van der Waals surface area contributed by atoms with Gasteiger partial charge in [0, 0.05) is 11.9 Å². The van der Waals surface area contributed by atoms with E-state index in [2.05, 4.69) is 9.97 Å². The van der Waals surface area contributed by atoms with Gasteiger partial charge >= 0.3 is 12.7 Å². The van der Waals surface area contributed by atoms with E-state index in [1.165, 1.54) is 12.4 Å². The van der Waals surface area contributed by atoms with E-state index in [9.17, 15) is 24.7 Å². The number of imidazole rings is 1. The fourth-order valence-electron chi connectivity index (χ4n) is 3.38. The molecule has 4 N–H and O–H groups in total. The van der Waals surface area contributed by atoms with E-state index in [1.54, 1.807) is 17.2 Å². The molecule has 10 nitrogen and oxygen atoms in total. The van der Waals surface area contributed by atoms with Crippen LogP contribution in [-0.2, 0) is 17.6 Å². The van der Waals surface area contributed by atoms with Gasteiger partial charge in [0.15, 0.2) is 0 Å². The number of likely N-dealkylation sites (tertiary alicyclic amines) is 1. The number of nitrogens with one attached hydrogen (secondary N) is 1. The zero-order valence-electron chi connectivity index (χ0n) is 14.9. The van der Waals surface area contributed by atoms with Crippen molar-refractivity contribution < 1.29 is 34.1 Å². The number of carbonyl (C=O) groups is 2. The number of carbonyl (C=O) groups excluding carboxylic acids is 1. The van der Waals surface area contributed by atoms with Crippen LogP contribution in [0.4, 0.5) is 0 Å². The number of hydrogen-bond donors (Lipinski definition) is 4. The monoisotopic (exact) mass is 404 g/mol. The summed E-state index contributed by atoms with van der Waals surface area (Å²) in [5.74, 6) is -1.37. The molecule has 4 rings (SSSR count). The molecule has 3 heterocycles. The Labute approximate surface area is 167 Å². The number of hydrogen-bond acceptors (Lipinski definition) is 7. The number of aromatic carboxylic acids is 1. The number of carboxylic acids is 1. The van der Waals surface area contributed by atoms with Crippen LogP contribution in [0.1, 0.15) is 29.0 Å². The van der Waals surface area contributed by atoms with Gasteiger partial charge in [0.05, 0.1) is 31.6 Å². The molecule has 1 aromatic heterocycles. The van der Waals surface area contributed by atoms with E-state index in [1.807, 2.05) is 0 Å². The standard InChI is InChI=1S/C17H19BN3O7.CH4/c22-14(5-11-6-19-9-20-11)21-7-12(8-21)27-13-2-1-10-3-4-18(25,26)28-16(10)15(13)17(23)24;/h1-2,6,9,12,25-26H,3-5,7-8H2,(H,19,20)(H,23,24);1H4/q-1;. The zero-order valence-corrected chi connectivity index (χ0v) is 14.9. The number of nitrogens with zero attached hydrogens (tertiary/aromatic N) is 2. The fourth-order valence-corrected chi connectivity index (χ4v) is 3.38. The molecule has 2 aliphatic rings. The highest BCUT2D eigenvalue weighted by Gasteiger charge is 2.36. The Morgan fingerprint density at radius 3 is 2.76 bits per heavy atom. The second-order valence-corrected chi connectivity index (χ2v) is 7.04. The zero-order chi connectivity index (χ0) is 19.9.